The van der Waals surface area contributed by atoms with Gasteiger partial charge in [-0.3, -0.25) is 14.6 Å². The maximum Gasteiger partial charge on any atom is 0.323 e. The molecule has 0 bridgehead atoms. The van der Waals surface area contributed by atoms with E-state index in [4.69, 9.17) is 0 Å². The lowest BCUT2D eigenvalue weighted by atomic mass is 10.0. The zero-order chi connectivity index (χ0) is 19.7. The van der Waals surface area contributed by atoms with Crippen molar-refractivity contribution in [2.24, 2.45) is 0 Å². The fourth-order valence-corrected chi connectivity index (χ4v) is 3.01. The van der Waals surface area contributed by atoms with Crippen LogP contribution in [0.25, 0.3) is 22.3 Å². The van der Waals surface area contributed by atoms with Gasteiger partial charge in [-0.05, 0) is 37.3 Å². The summed E-state index contributed by atoms with van der Waals surface area (Å²) in [7, 11) is 0. The average Bonchev–Trinajstić information content (AvgIpc) is 3.07. The third kappa shape index (κ3) is 3.33. The van der Waals surface area contributed by atoms with Gasteiger partial charge in [0.1, 0.15) is 0 Å². The molecule has 1 amide bonds. The molecule has 4 aromatic rings. The molecule has 0 saturated heterocycles. The molecule has 2 heterocycles. The Morgan fingerprint density at radius 1 is 0.964 bits per heavy atom. The number of anilines is 1. The normalized spacial score (nSPS) is 10.8. The van der Waals surface area contributed by atoms with Crippen LogP contribution < -0.4 is 11.0 Å². The number of fused-ring (bicyclic) bond motifs is 1. The van der Waals surface area contributed by atoms with Crippen molar-refractivity contribution >= 4 is 28.4 Å². The minimum absolute atomic E-state index is 0.0441. The second kappa shape index (κ2) is 6.96. The average molecular weight is 372 g/mol. The minimum Gasteiger partial charge on any atom is -0.322 e. The number of hydrogen-bond donors (Lipinski definition) is 3. The summed E-state index contributed by atoms with van der Waals surface area (Å²) in [6.07, 6.45) is 1.47. The molecule has 4 rings (SSSR count). The van der Waals surface area contributed by atoms with E-state index in [2.05, 4.69) is 20.3 Å². The highest BCUT2D eigenvalue weighted by atomic mass is 16.2. The Kier molecular flexibility index (Phi) is 4.33. The summed E-state index contributed by atoms with van der Waals surface area (Å²) in [5, 5.41) is 2.78. The number of aromatic nitrogens is 3. The van der Waals surface area contributed by atoms with Crippen LogP contribution in [-0.4, -0.2) is 26.6 Å². The van der Waals surface area contributed by atoms with E-state index in [9.17, 15) is 14.4 Å². The van der Waals surface area contributed by atoms with Crippen LogP contribution in [0.15, 0.2) is 65.6 Å². The van der Waals surface area contributed by atoms with Crippen LogP contribution in [-0.2, 0) is 0 Å². The third-order valence-corrected chi connectivity index (χ3v) is 4.38. The molecule has 138 valence electrons. The molecule has 2 aromatic carbocycles. The smallest absolute Gasteiger partial charge is 0.322 e. The molecule has 2 aromatic heterocycles. The number of benzene rings is 2. The predicted molar refractivity (Wildman–Crippen MR) is 107 cm³/mol. The number of Topliss-reactive ketones (excluding diaryl/α,β-unsaturated/α-hetero) is 1. The molecule has 7 heteroatoms. The Labute approximate surface area is 159 Å². The summed E-state index contributed by atoms with van der Waals surface area (Å²) in [5.74, 6) is -0.367. The van der Waals surface area contributed by atoms with Gasteiger partial charge in [0.15, 0.2) is 5.78 Å². The van der Waals surface area contributed by atoms with Crippen molar-refractivity contribution in [2.75, 3.05) is 5.32 Å². The maximum atomic E-state index is 12.5. The predicted octanol–water partition coefficient (Wildman–Crippen LogP) is 3.37. The van der Waals surface area contributed by atoms with Crippen LogP contribution in [0.1, 0.15) is 27.6 Å². The number of carbonyl (C=O) groups excluding carboxylic acids is 2. The van der Waals surface area contributed by atoms with E-state index in [1.807, 2.05) is 12.1 Å². The second-order valence-electron chi connectivity index (χ2n) is 6.33. The topological polar surface area (TPSA) is 108 Å². The minimum atomic E-state index is -0.323. The number of rotatable bonds is 4. The van der Waals surface area contributed by atoms with Gasteiger partial charge in [0.25, 0.3) is 5.91 Å². The van der Waals surface area contributed by atoms with Crippen LogP contribution >= 0.6 is 0 Å². The molecular weight excluding hydrogens is 356 g/mol. The van der Waals surface area contributed by atoms with Crippen LogP contribution in [0.2, 0.25) is 0 Å². The number of hydrogen-bond acceptors (Lipinski definition) is 4. The van der Waals surface area contributed by atoms with Gasteiger partial charge in [-0.15, -0.1) is 0 Å². The van der Waals surface area contributed by atoms with Gasteiger partial charge in [0.2, 0.25) is 0 Å². The third-order valence-electron chi connectivity index (χ3n) is 4.38. The van der Waals surface area contributed by atoms with Crippen molar-refractivity contribution in [1.82, 2.24) is 15.0 Å². The van der Waals surface area contributed by atoms with Crippen LogP contribution in [0.3, 0.4) is 0 Å². The Morgan fingerprint density at radius 3 is 2.50 bits per heavy atom. The standard InChI is InChI=1S/C21H16N4O3/c1-12(26)15-4-2-3-5-16(15)17-8-6-13(11-22-17)20(27)23-14-7-9-18-19(10-14)25-21(28)24-18/h2-11H,1H3,(H,23,27)(H2,24,25,28). The number of imidazole rings is 1. The molecule has 0 aliphatic heterocycles. The molecular formula is C21H16N4O3. The first-order valence-corrected chi connectivity index (χ1v) is 8.61. The highest BCUT2D eigenvalue weighted by Crippen LogP contribution is 2.23. The van der Waals surface area contributed by atoms with Crippen molar-refractivity contribution in [1.29, 1.82) is 0 Å². The summed E-state index contributed by atoms with van der Waals surface area (Å²) in [5.41, 5.74) is 3.84. The molecule has 0 radical (unpaired) electrons. The molecule has 0 spiro atoms. The highest BCUT2D eigenvalue weighted by molar-refractivity contribution is 6.05. The summed E-state index contributed by atoms with van der Waals surface area (Å²) in [4.78, 5) is 45.3. The number of nitrogens with one attached hydrogen (secondary N) is 3. The van der Waals surface area contributed by atoms with Gasteiger partial charge in [0.05, 0.1) is 22.3 Å². The van der Waals surface area contributed by atoms with Crippen LogP contribution in [0.4, 0.5) is 5.69 Å². The van der Waals surface area contributed by atoms with E-state index < -0.39 is 0 Å². The molecule has 28 heavy (non-hydrogen) atoms. The van der Waals surface area contributed by atoms with Gasteiger partial charge >= 0.3 is 5.69 Å². The zero-order valence-corrected chi connectivity index (χ0v) is 14.9. The Hall–Kier alpha value is -4.00. The summed E-state index contributed by atoms with van der Waals surface area (Å²) < 4.78 is 0. The van der Waals surface area contributed by atoms with E-state index in [1.165, 1.54) is 13.1 Å². The molecule has 0 saturated carbocycles. The summed E-state index contributed by atoms with van der Waals surface area (Å²) in [6, 6.07) is 15.7. The maximum absolute atomic E-state index is 12.5. The monoisotopic (exact) mass is 372 g/mol. The zero-order valence-electron chi connectivity index (χ0n) is 14.9. The number of aromatic amines is 2. The largest absolute Gasteiger partial charge is 0.323 e. The molecule has 0 unspecified atom stereocenters. The van der Waals surface area contributed by atoms with Gasteiger partial charge in [-0.25, -0.2) is 4.79 Å². The van der Waals surface area contributed by atoms with E-state index in [-0.39, 0.29) is 17.4 Å². The lowest BCUT2D eigenvalue weighted by molar-refractivity contribution is 0.101. The number of pyridine rings is 1. The Bertz CT molecular complexity index is 1250. The summed E-state index contributed by atoms with van der Waals surface area (Å²) in [6.45, 7) is 1.51. The first-order chi connectivity index (χ1) is 13.5. The Morgan fingerprint density at radius 2 is 1.75 bits per heavy atom. The number of amides is 1. The SMILES string of the molecule is CC(=O)c1ccccc1-c1ccc(C(=O)Nc2ccc3[nH]c(=O)[nH]c3c2)cn1. The van der Waals surface area contributed by atoms with E-state index in [1.54, 1.807) is 42.5 Å². The van der Waals surface area contributed by atoms with Gasteiger partial charge in [0, 0.05) is 23.0 Å². The van der Waals surface area contributed by atoms with E-state index >= 15 is 0 Å². The lowest BCUT2D eigenvalue weighted by Gasteiger charge is -2.08. The number of carbonyl (C=O) groups is 2. The summed E-state index contributed by atoms with van der Waals surface area (Å²) >= 11 is 0. The quantitative estimate of drug-likeness (QED) is 0.477. The number of nitrogens with zero attached hydrogens (tertiary/aromatic N) is 1. The van der Waals surface area contributed by atoms with Crippen molar-refractivity contribution in [3.63, 3.8) is 0 Å². The van der Waals surface area contributed by atoms with E-state index in [0.717, 1.165) is 5.56 Å². The van der Waals surface area contributed by atoms with Crippen molar-refractivity contribution in [3.8, 4) is 11.3 Å². The van der Waals surface area contributed by atoms with Gasteiger partial charge < -0.3 is 15.3 Å². The molecule has 0 aliphatic carbocycles. The van der Waals surface area contributed by atoms with Crippen LogP contribution in [0, 0.1) is 0 Å². The number of ketones is 1. The fraction of sp³-hybridized carbons (Fsp3) is 0.0476. The molecule has 0 fully saturated rings. The first kappa shape index (κ1) is 17.4. The second-order valence-corrected chi connectivity index (χ2v) is 6.33. The number of H-pyrrole nitrogens is 2. The first-order valence-electron chi connectivity index (χ1n) is 8.61. The highest BCUT2D eigenvalue weighted by Gasteiger charge is 2.12. The van der Waals surface area contributed by atoms with Gasteiger partial charge in [-0.1, -0.05) is 24.3 Å². The lowest BCUT2D eigenvalue weighted by Crippen LogP contribution is -2.12. The van der Waals surface area contributed by atoms with E-state index in [0.29, 0.717) is 33.5 Å². The molecule has 0 aliphatic rings. The Balaban J connectivity index is 1.57. The van der Waals surface area contributed by atoms with Crippen molar-refractivity contribution in [3.05, 3.63) is 82.4 Å². The van der Waals surface area contributed by atoms with Gasteiger partial charge in [-0.2, -0.15) is 0 Å². The molecule has 7 nitrogen and oxygen atoms in total. The molecule has 3 N–H and O–H groups in total. The van der Waals surface area contributed by atoms with Crippen molar-refractivity contribution in [2.45, 2.75) is 6.92 Å². The fourth-order valence-electron chi connectivity index (χ4n) is 3.01. The van der Waals surface area contributed by atoms with Crippen molar-refractivity contribution < 1.29 is 9.59 Å². The van der Waals surface area contributed by atoms with Crippen LogP contribution in [0.5, 0.6) is 0 Å². The molecule has 0 atom stereocenters.